The summed E-state index contributed by atoms with van der Waals surface area (Å²) in [5, 5.41) is 0. The van der Waals surface area contributed by atoms with Gasteiger partial charge in [0, 0.05) is 0 Å². The van der Waals surface area contributed by atoms with Crippen LogP contribution in [0.5, 0.6) is 0 Å². The first-order valence-corrected chi connectivity index (χ1v) is 5.24. The van der Waals surface area contributed by atoms with Gasteiger partial charge < -0.3 is 9.29 Å². The van der Waals surface area contributed by atoms with E-state index in [2.05, 4.69) is 11.3 Å². The van der Waals surface area contributed by atoms with Crippen molar-refractivity contribution in [3.63, 3.8) is 0 Å². The average molecular weight is 234 g/mol. The first-order valence-electron chi connectivity index (χ1n) is 3.83. The van der Waals surface area contributed by atoms with E-state index in [9.17, 15) is 17.8 Å². The van der Waals surface area contributed by atoms with Crippen molar-refractivity contribution in [1.82, 2.24) is 0 Å². The normalized spacial score (nSPS) is 10.1. The second kappa shape index (κ2) is 5.87. The fourth-order valence-corrected chi connectivity index (χ4v) is 1.66. The predicted octanol–water partition coefficient (Wildman–Crippen LogP) is -2.10. The number of esters is 1. The van der Waals surface area contributed by atoms with E-state index in [4.69, 9.17) is 0 Å². The minimum atomic E-state index is -4.68. The average Bonchev–Trinajstić information content (AvgIpc) is 2.17. The molecule has 0 saturated heterocycles. The molecule has 0 bridgehead atoms. The van der Waals surface area contributed by atoms with Gasteiger partial charge in [-0.1, -0.05) is 18.7 Å². The van der Waals surface area contributed by atoms with E-state index in [1.807, 2.05) is 0 Å². The Morgan fingerprint density at radius 3 is 2.44 bits per heavy atom. The molecule has 7 heteroatoms. The van der Waals surface area contributed by atoms with Crippen LogP contribution in [-0.2, 0) is 14.9 Å². The van der Waals surface area contributed by atoms with Crippen molar-refractivity contribution in [2.45, 2.75) is 4.90 Å². The number of benzene rings is 1. The fourth-order valence-electron chi connectivity index (χ4n) is 0.992. The second-order valence-corrected chi connectivity index (χ2v) is 3.87. The Morgan fingerprint density at radius 2 is 1.94 bits per heavy atom. The summed E-state index contributed by atoms with van der Waals surface area (Å²) in [7, 11) is -4.68. The van der Waals surface area contributed by atoms with Gasteiger partial charge in [0.15, 0.2) is 0 Å². The minimum absolute atomic E-state index is 0. The van der Waals surface area contributed by atoms with Crippen LogP contribution >= 0.6 is 0 Å². The van der Waals surface area contributed by atoms with Gasteiger partial charge in [-0.05, 0) is 12.1 Å². The predicted molar refractivity (Wildman–Crippen MR) is 50.0 cm³/mol. The van der Waals surface area contributed by atoms with Crippen molar-refractivity contribution in [2.75, 3.05) is 0 Å². The van der Waals surface area contributed by atoms with E-state index in [1.165, 1.54) is 18.2 Å². The van der Waals surface area contributed by atoms with Gasteiger partial charge in [-0.25, -0.2) is 13.2 Å². The third-order valence-electron chi connectivity index (χ3n) is 1.57. The molecule has 0 aliphatic rings. The van der Waals surface area contributed by atoms with E-state index in [0.717, 1.165) is 12.3 Å². The van der Waals surface area contributed by atoms with Gasteiger partial charge >= 0.3 is 24.8 Å². The van der Waals surface area contributed by atoms with E-state index in [-0.39, 0.29) is 24.4 Å². The SMILES string of the molecule is C=COC(=O)c1ccccc1S(=O)(=O)[O-].[Li+]. The molecule has 0 saturated carbocycles. The van der Waals surface area contributed by atoms with Crippen LogP contribution in [0.25, 0.3) is 0 Å². The summed E-state index contributed by atoms with van der Waals surface area (Å²) in [5.41, 5.74) is -0.299. The first kappa shape index (κ1) is 14.9. The third kappa shape index (κ3) is 3.50. The number of hydrogen-bond acceptors (Lipinski definition) is 5. The molecule has 1 aromatic rings. The third-order valence-corrected chi connectivity index (χ3v) is 2.46. The number of carbonyl (C=O) groups excluding carboxylic acids is 1. The Labute approximate surface area is 105 Å². The van der Waals surface area contributed by atoms with Gasteiger partial charge in [0.1, 0.15) is 10.1 Å². The molecule has 0 aliphatic heterocycles. The van der Waals surface area contributed by atoms with Crippen molar-refractivity contribution in [2.24, 2.45) is 0 Å². The minimum Gasteiger partial charge on any atom is -0.744 e. The van der Waals surface area contributed by atoms with Gasteiger partial charge in [0.25, 0.3) is 0 Å². The molecule has 1 aromatic carbocycles. The number of hydrogen-bond donors (Lipinski definition) is 0. The maximum atomic E-state index is 11.2. The molecule has 1 rings (SSSR count). The summed E-state index contributed by atoms with van der Waals surface area (Å²) >= 11 is 0. The molecule has 0 atom stereocenters. The summed E-state index contributed by atoms with van der Waals surface area (Å²) < 4.78 is 36.7. The zero-order chi connectivity index (χ0) is 11.5. The Hall–Kier alpha value is -1.06. The van der Waals surface area contributed by atoms with Crippen molar-refractivity contribution < 1.29 is 41.4 Å². The van der Waals surface area contributed by atoms with Gasteiger partial charge in [-0.3, -0.25) is 0 Å². The number of rotatable bonds is 3. The monoisotopic (exact) mass is 234 g/mol. The van der Waals surface area contributed by atoms with Crippen LogP contribution in [0.3, 0.4) is 0 Å². The molecule has 0 heterocycles. The molecular formula is C9H7LiO5S. The van der Waals surface area contributed by atoms with Crippen LogP contribution in [0.1, 0.15) is 10.4 Å². The maximum absolute atomic E-state index is 11.2. The van der Waals surface area contributed by atoms with Crippen LogP contribution in [-0.4, -0.2) is 18.9 Å². The zero-order valence-electron chi connectivity index (χ0n) is 8.54. The van der Waals surface area contributed by atoms with Crippen LogP contribution in [0.15, 0.2) is 42.0 Å². The number of carbonyl (C=O) groups is 1. The Morgan fingerprint density at radius 1 is 1.38 bits per heavy atom. The van der Waals surface area contributed by atoms with E-state index in [0.29, 0.717) is 0 Å². The molecule has 5 nitrogen and oxygen atoms in total. The molecule has 0 fully saturated rings. The van der Waals surface area contributed by atoms with Gasteiger partial charge in [0.2, 0.25) is 0 Å². The molecule has 0 unspecified atom stereocenters. The van der Waals surface area contributed by atoms with Crippen LogP contribution in [0.4, 0.5) is 0 Å². The molecular weight excluding hydrogens is 227 g/mol. The topological polar surface area (TPSA) is 83.5 Å². The summed E-state index contributed by atoms with van der Waals surface area (Å²) in [6.07, 6.45) is 0.858. The van der Waals surface area contributed by atoms with Crippen molar-refractivity contribution in [3.05, 3.63) is 42.7 Å². The molecule has 0 radical (unpaired) electrons. The largest absolute Gasteiger partial charge is 1.00 e. The van der Waals surface area contributed by atoms with Crippen molar-refractivity contribution in [3.8, 4) is 0 Å². The van der Waals surface area contributed by atoms with Crippen LogP contribution in [0, 0.1) is 0 Å². The van der Waals surface area contributed by atoms with Crippen molar-refractivity contribution >= 4 is 16.1 Å². The Kier molecular flexibility index (Phi) is 5.48. The van der Waals surface area contributed by atoms with E-state index in [1.54, 1.807) is 0 Å². The van der Waals surface area contributed by atoms with E-state index < -0.39 is 21.0 Å². The first-order chi connectivity index (χ1) is 6.96. The van der Waals surface area contributed by atoms with Crippen LogP contribution in [0.2, 0.25) is 0 Å². The molecule has 0 spiro atoms. The number of ether oxygens (including phenoxy) is 1. The summed E-state index contributed by atoms with van der Waals surface area (Å²) in [5.74, 6) is -0.931. The summed E-state index contributed by atoms with van der Waals surface area (Å²) in [4.78, 5) is 10.6. The maximum Gasteiger partial charge on any atom is 1.00 e. The molecule has 80 valence electrons. The van der Waals surface area contributed by atoms with Gasteiger partial charge in [-0.2, -0.15) is 0 Å². The smallest absolute Gasteiger partial charge is 0.744 e. The second-order valence-electron chi connectivity index (χ2n) is 2.52. The quantitative estimate of drug-likeness (QED) is 0.259. The molecule has 16 heavy (non-hydrogen) atoms. The fraction of sp³-hybridized carbons (Fsp3) is 0. The summed E-state index contributed by atoms with van der Waals surface area (Å²) in [6, 6.07) is 5.00. The zero-order valence-corrected chi connectivity index (χ0v) is 9.36. The molecule has 0 aliphatic carbocycles. The summed E-state index contributed by atoms with van der Waals surface area (Å²) in [6.45, 7) is 3.15. The Bertz CT molecular complexity index is 494. The van der Waals surface area contributed by atoms with Crippen molar-refractivity contribution in [1.29, 1.82) is 0 Å². The standard InChI is InChI=1S/C9H8O5S.Li/c1-2-14-9(10)7-5-3-4-6-8(7)15(11,12)13;/h2-6H,1H2,(H,11,12,13);/q;+1/p-1. The molecule has 0 N–H and O–H groups in total. The molecule has 0 aromatic heterocycles. The molecule has 0 amide bonds. The van der Waals surface area contributed by atoms with Gasteiger partial charge in [0.05, 0.1) is 16.7 Å². The van der Waals surface area contributed by atoms with E-state index >= 15 is 0 Å². The Balaban J connectivity index is 0.00000225. The van der Waals surface area contributed by atoms with Gasteiger partial charge in [-0.15, -0.1) is 0 Å². The van der Waals surface area contributed by atoms with Crippen LogP contribution < -0.4 is 18.9 Å².